The number of halogens is 1. The summed E-state index contributed by atoms with van der Waals surface area (Å²) in [7, 11) is 0. The Balaban J connectivity index is 1.59. The van der Waals surface area contributed by atoms with E-state index in [-0.39, 0.29) is 11.8 Å². The number of aryl methyl sites for hydroxylation is 1. The molecule has 1 aliphatic heterocycles. The Hall–Kier alpha value is -2.59. The summed E-state index contributed by atoms with van der Waals surface area (Å²) in [5.74, 6) is 0.741. The number of hydrogen-bond donors (Lipinski definition) is 1. The summed E-state index contributed by atoms with van der Waals surface area (Å²) >= 11 is 3.42. The van der Waals surface area contributed by atoms with Gasteiger partial charge in [0.25, 0.3) is 0 Å². The smallest absolute Gasteiger partial charge is 0.205 e. The largest absolute Gasteiger partial charge is 0.479 e. The Morgan fingerprint density at radius 3 is 2.45 bits per heavy atom. The lowest BCUT2D eigenvalue weighted by Crippen LogP contribution is -2.33. The molecule has 4 rings (SSSR count). The Morgan fingerprint density at radius 2 is 1.72 bits per heavy atom. The Morgan fingerprint density at radius 1 is 1.00 bits per heavy atom. The van der Waals surface area contributed by atoms with Crippen LogP contribution in [0.2, 0.25) is 0 Å². The number of ether oxygens (including phenoxy) is 1. The number of Topliss-reactive ketones (excluding diaryl/α,β-unsaturated/α-hetero) is 1. The molecule has 0 saturated carbocycles. The normalized spacial score (nSPS) is 17.4. The number of nitrogens with one attached hydrogen (secondary N) is 1. The molecule has 29 heavy (non-hydrogen) atoms. The summed E-state index contributed by atoms with van der Waals surface area (Å²) in [5, 5.41) is 3.54. The van der Waals surface area contributed by atoms with Crippen molar-refractivity contribution in [3.8, 4) is 5.75 Å². The molecule has 1 heterocycles. The van der Waals surface area contributed by atoms with E-state index in [1.54, 1.807) is 0 Å². The fourth-order valence-electron chi connectivity index (χ4n) is 3.68. The number of para-hydroxylation sites is 1. The van der Waals surface area contributed by atoms with Gasteiger partial charge in [-0.3, -0.25) is 4.79 Å². The van der Waals surface area contributed by atoms with E-state index in [1.165, 1.54) is 18.4 Å². The molecule has 4 heteroatoms. The van der Waals surface area contributed by atoms with Crippen LogP contribution < -0.4 is 10.1 Å². The molecule has 0 fully saturated rings. The second-order valence-electron chi connectivity index (χ2n) is 7.37. The van der Waals surface area contributed by atoms with Crippen LogP contribution in [0.15, 0.2) is 77.3 Å². The fourth-order valence-corrected chi connectivity index (χ4v) is 3.94. The van der Waals surface area contributed by atoms with Gasteiger partial charge in [-0.2, -0.15) is 0 Å². The number of fused-ring (bicyclic) bond motifs is 1. The van der Waals surface area contributed by atoms with Crippen molar-refractivity contribution in [2.24, 2.45) is 0 Å². The molecule has 0 aromatic heterocycles. The SMILES string of the molecule is CCCCc1ccc(NC2c3ccccc3OC2C(=O)c2ccc(Br)cc2)cc1. The third kappa shape index (κ3) is 4.38. The van der Waals surface area contributed by atoms with Gasteiger partial charge in [0.1, 0.15) is 5.75 Å². The summed E-state index contributed by atoms with van der Waals surface area (Å²) in [6.45, 7) is 2.20. The van der Waals surface area contributed by atoms with Gasteiger partial charge in [-0.1, -0.05) is 71.7 Å². The van der Waals surface area contributed by atoms with Gasteiger partial charge >= 0.3 is 0 Å². The maximum Gasteiger partial charge on any atom is 0.205 e. The summed E-state index contributed by atoms with van der Waals surface area (Å²) in [5.41, 5.74) is 3.98. The van der Waals surface area contributed by atoms with E-state index in [9.17, 15) is 4.79 Å². The minimum atomic E-state index is -0.603. The number of carbonyl (C=O) groups is 1. The van der Waals surface area contributed by atoms with Crippen LogP contribution in [0, 0.1) is 0 Å². The van der Waals surface area contributed by atoms with Gasteiger partial charge in [0.2, 0.25) is 5.78 Å². The topological polar surface area (TPSA) is 38.3 Å². The molecule has 2 unspecified atom stereocenters. The first-order valence-corrected chi connectivity index (χ1v) is 10.9. The molecule has 0 saturated heterocycles. The molecule has 1 aliphatic rings. The van der Waals surface area contributed by atoms with Gasteiger partial charge in [-0.05, 0) is 48.7 Å². The van der Waals surface area contributed by atoms with E-state index < -0.39 is 6.10 Å². The third-order valence-electron chi connectivity index (χ3n) is 5.29. The van der Waals surface area contributed by atoms with Crippen LogP contribution >= 0.6 is 15.9 Å². The monoisotopic (exact) mass is 449 g/mol. The highest BCUT2D eigenvalue weighted by molar-refractivity contribution is 9.10. The molecule has 3 nitrogen and oxygen atoms in total. The Kier molecular flexibility index (Phi) is 6.00. The summed E-state index contributed by atoms with van der Waals surface area (Å²) < 4.78 is 7.04. The van der Waals surface area contributed by atoms with E-state index in [2.05, 4.69) is 52.4 Å². The van der Waals surface area contributed by atoms with Crippen molar-refractivity contribution < 1.29 is 9.53 Å². The van der Waals surface area contributed by atoms with Crippen molar-refractivity contribution in [1.82, 2.24) is 0 Å². The molecule has 0 spiro atoms. The van der Waals surface area contributed by atoms with Crippen LogP contribution in [0.4, 0.5) is 5.69 Å². The molecule has 0 bridgehead atoms. The van der Waals surface area contributed by atoms with E-state index >= 15 is 0 Å². The van der Waals surface area contributed by atoms with Gasteiger partial charge in [-0.25, -0.2) is 0 Å². The first-order valence-electron chi connectivity index (χ1n) is 10.1. The van der Waals surface area contributed by atoms with Crippen LogP contribution in [-0.2, 0) is 6.42 Å². The summed E-state index contributed by atoms with van der Waals surface area (Å²) in [6, 6.07) is 23.6. The molecular formula is C25H24BrNO2. The van der Waals surface area contributed by atoms with Crippen molar-refractivity contribution >= 4 is 27.4 Å². The van der Waals surface area contributed by atoms with Crippen molar-refractivity contribution in [2.75, 3.05) is 5.32 Å². The third-order valence-corrected chi connectivity index (χ3v) is 5.82. The Bertz CT molecular complexity index is 982. The zero-order chi connectivity index (χ0) is 20.2. The fraction of sp³-hybridized carbons (Fsp3) is 0.240. The first kappa shape index (κ1) is 19.7. The van der Waals surface area contributed by atoms with Gasteiger partial charge in [0.05, 0.1) is 6.04 Å². The van der Waals surface area contributed by atoms with Crippen molar-refractivity contribution in [3.63, 3.8) is 0 Å². The van der Waals surface area contributed by atoms with Crippen LogP contribution in [0.5, 0.6) is 5.75 Å². The molecule has 3 aromatic rings. The molecule has 2 atom stereocenters. The molecule has 148 valence electrons. The number of rotatable bonds is 7. The molecular weight excluding hydrogens is 426 g/mol. The Labute approximate surface area is 180 Å². The number of benzene rings is 3. The standard InChI is InChI=1S/C25H24BrNO2/c1-2-3-6-17-9-15-20(16-10-17)27-23-21-7-4-5-8-22(21)29-25(23)24(28)18-11-13-19(26)14-12-18/h4-5,7-16,23,25,27H,2-3,6H2,1H3. The number of ketones is 1. The van der Waals surface area contributed by atoms with Gasteiger partial charge in [-0.15, -0.1) is 0 Å². The highest BCUT2D eigenvalue weighted by Gasteiger charge is 2.39. The quantitative estimate of drug-likeness (QED) is 0.413. The van der Waals surface area contributed by atoms with Crippen LogP contribution in [-0.4, -0.2) is 11.9 Å². The van der Waals surface area contributed by atoms with Crippen molar-refractivity contribution in [1.29, 1.82) is 0 Å². The van der Waals surface area contributed by atoms with E-state index in [0.717, 1.165) is 27.9 Å². The minimum Gasteiger partial charge on any atom is -0.479 e. The number of hydrogen-bond acceptors (Lipinski definition) is 3. The van der Waals surface area contributed by atoms with Crippen LogP contribution in [0.3, 0.4) is 0 Å². The molecule has 1 N–H and O–H groups in total. The lowest BCUT2D eigenvalue weighted by Gasteiger charge is -2.21. The molecule has 3 aromatic carbocycles. The second-order valence-corrected chi connectivity index (χ2v) is 8.29. The van der Waals surface area contributed by atoms with Gasteiger partial charge in [0.15, 0.2) is 6.10 Å². The highest BCUT2D eigenvalue weighted by atomic mass is 79.9. The van der Waals surface area contributed by atoms with Crippen molar-refractivity contribution in [2.45, 2.75) is 38.3 Å². The zero-order valence-electron chi connectivity index (χ0n) is 16.4. The average Bonchev–Trinajstić information content (AvgIpc) is 3.12. The highest BCUT2D eigenvalue weighted by Crippen LogP contribution is 2.40. The van der Waals surface area contributed by atoms with E-state index in [1.807, 2.05) is 48.5 Å². The number of anilines is 1. The number of carbonyl (C=O) groups excluding carboxylic acids is 1. The predicted molar refractivity (Wildman–Crippen MR) is 121 cm³/mol. The van der Waals surface area contributed by atoms with Gasteiger partial charge < -0.3 is 10.1 Å². The van der Waals surface area contributed by atoms with Crippen LogP contribution in [0.25, 0.3) is 0 Å². The van der Waals surface area contributed by atoms with E-state index in [4.69, 9.17) is 4.74 Å². The summed E-state index contributed by atoms with van der Waals surface area (Å²) in [6.07, 6.45) is 2.88. The van der Waals surface area contributed by atoms with E-state index in [0.29, 0.717) is 5.56 Å². The average molecular weight is 450 g/mol. The maximum absolute atomic E-state index is 13.2. The molecule has 0 radical (unpaired) electrons. The molecule has 0 amide bonds. The van der Waals surface area contributed by atoms with Crippen LogP contribution in [0.1, 0.15) is 47.3 Å². The summed E-state index contributed by atoms with van der Waals surface area (Å²) in [4.78, 5) is 13.2. The van der Waals surface area contributed by atoms with Gasteiger partial charge in [0, 0.05) is 21.3 Å². The second kappa shape index (κ2) is 8.83. The predicted octanol–water partition coefficient (Wildman–Crippen LogP) is 6.59. The van der Waals surface area contributed by atoms with Crippen molar-refractivity contribution in [3.05, 3.63) is 94.0 Å². The zero-order valence-corrected chi connectivity index (χ0v) is 18.0. The molecule has 0 aliphatic carbocycles. The minimum absolute atomic E-state index is 0.0224. The lowest BCUT2D eigenvalue weighted by molar-refractivity contribution is 0.0802. The number of unbranched alkanes of at least 4 members (excludes halogenated alkanes) is 1. The maximum atomic E-state index is 13.2. The first-order chi connectivity index (χ1) is 14.2. The lowest BCUT2D eigenvalue weighted by atomic mass is 9.96.